The van der Waals surface area contributed by atoms with Crippen molar-refractivity contribution in [3.8, 4) is 0 Å². The lowest BCUT2D eigenvalue weighted by atomic mass is 10.0. The van der Waals surface area contributed by atoms with Gasteiger partial charge in [-0.2, -0.15) is 13.2 Å². The highest BCUT2D eigenvalue weighted by Gasteiger charge is 2.32. The Bertz CT molecular complexity index is 1280. The first-order valence-corrected chi connectivity index (χ1v) is 12.3. The molecule has 2 atom stereocenters. The molecule has 3 aromatic rings. The number of halogens is 3. The van der Waals surface area contributed by atoms with Gasteiger partial charge in [0, 0.05) is 32.5 Å². The average Bonchev–Trinajstić information content (AvgIpc) is 3.46. The molecule has 12 heteroatoms. The monoisotopic (exact) mass is 520 g/mol. The lowest BCUT2D eigenvalue weighted by molar-refractivity contribution is -0.137. The van der Waals surface area contributed by atoms with Crippen LogP contribution in [-0.4, -0.2) is 57.2 Å². The van der Waals surface area contributed by atoms with Gasteiger partial charge in [-0.25, -0.2) is 9.97 Å². The van der Waals surface area contributed by atoms with Gasteiger partial charge in [0.05, 0.1) is 35.4 Å². The molecule has 0 fully saturated rings. The molecule has 8 nitrogen and oxygen atoms in total. The molecular weight excluding hydrogens is 493 g/mol. The van der Waals surface area contributed by atoms with Crippen LogP contribution in [-0.2, 0) is 24.4 Å². The van der Waals surface area contributed by atoms with Gasteiger partial charge in [-0.15, -0.1) is 0 Å². The topological polar surface area (TPSA) is 93.4 Å². The van der Waals surface area contributed by atoms with E-state index in [1.54, 1.807) is 25.7 Å². The molecule has 0 saturated carbocycles. The van der Waals surface area contributed by atoms with Gasteiger partial charge < -0.3 is 19.9 Å². The highest BCUT2D eigenvalue weighted by Crippen LogP contribution is 2.33. The summed E-state index contributed by atoms with van der Waals surface area (Å²) in [5.74, 6) is -0.296. The molecule has 0 spiro atoms. The summed E-state index contributed by atoms with van der Waals surface area (Å²) < 4.78 is 46.5. The Labute approximate surface area is 210 Å². The second-order valence-electron chi connectivity index (χ2n) is 8.57. The number of amidine groups is 1. The number of amides is 1. The normalized spacial score (nSPS) is 16.7. The number of methoxy groups -OCH3 is 1. The fourth-order valence-electron chi connectivity index (χ4n) is 3.87. The Morgan fingerprint density at radius 2 is 2.11 bits per heavy atom. The molecule has 36 heavy (non-hydrogen) atoms. The van der Waals surface area contributed by atoms with Crippen LogP contribution in [0.25, 0.3) is 11.0 Å². The molecule has 1 aromatic carbocycles. The average molecular weight is 521 g/mol. The number of aromatic nitrogens is 3. The van der Waals surface area contributed by atoms with Crippen molar-refractivity contribution >= 4 is 39.6 Å². The summed E-state index contributed by atoms with van der Waals surface area (Å²) in [4.78, 5) is 25.7. The molecule has 0 saturated heterocycles. The van der Waals surface area contributed by atoms with Gasteiger partial charge in [0.2, 0.25) is 0 Å². The van der Waals surface area contributed by atoms with Gasteiger partial charge >= 0.3 is 6.18 Å². The number of nitrogens with zero attached hydrogens (tertiary/aromatic N) is 4. The number of thioether (sulfide) groups is 1. The fraction of sp³-hybridized carbons (Fsp3) is 0.417. The fourth-order valence-corrected chi connectivity index (χ4v) is 4.90. The highest BCUT2D eigenvalue weighted by atomic mass is 32.2. The number of aliphatic imine (C=N–C) groups is 1. The van der Waals surface area contributed by atoms with Crippen molar-refractivity contribution < 1.29 is 22.7 Å². The van der Waals surface area contributed by atoms with Crippen molar-refractivity contribution in [1.29, 1.82) is 0 Å². The molecule has 1 aliphatic rings. The Hall–Kier alpha value is -3.12. The van der Waals surface area contributed by atoms with E-state index < -0.39 is 11.7 Å². The van der Waals surface area contributed by atoms with Crippen LogP contribution in [0.2, 0.25) is 0 Å². The Kier molecular flexibility index (Phi) is 7.84. The lowest BCUT2D eigenvalue weighted by Gasteiger charge is -2.20. The van der Waals surface area contributed by atoms with Gasteiger partial charge in [0.15, 0.2) is 5.17 Å². The Morgan fingerprint density at radius 1 is 1.31 bits per heavy atom. The van der Waals surface area contributed by atoms with E-state index >= 15 is 0 Å². The molecule has 2 unspecified atom stereocenters. The molecule has 1 amide bonds. The summed E-state index contributed by atoms with van der Waals surface area (Å²) in [7, 11) is 3.41. The summed E-state index contributed by atoms with van der Waals surface area (Å²) in [5, 5.41) is 6.72. The second-order valence-corrected chi connectivity index (χ2v) is 9.80. The predicted molar refractivity (Wildman–Crippen MR) is 134 cm³/mol. The largest absolute Gasteiger partial charge is 0.416 e. The number of ether oxygens (including phenoxy) is 1. The molecule has 2 aromatic heterocycles. The number of nitrogens with one attached hydrogen (secondary N) is 2. The van der Waals surface area contributed by atoms with Gasteiger partial charge in [-0.1, -0.05) is 11.8 Å². The van der Waals surface area contributed by atoms with Crippen molar-refractivity contribution in [1.82, 2.24) is 19.9 Å². The van der Waals surface area contributed by atoms with Crippen molar-refractivity contribution in [2.75, 3.05) is 25.6 Å². The van der Waals surface area contributed by atoms with Crippen LogP contribution >= 0.6 is 11.8 Å². The molecule has 0 aliphatic carbocycles. The zero-order valence-electron chi connectivity index (χ0n) is 20.1. The van der Waals surface area contributed by atoms with Gasteiger partial charge in [-0.05, 0) is 49.6 Å². The van der Waals surface area contributed by atoms with E-state index in [1.807, 2.05) is 18.5 Å². The maximum atomic E-state index is 13.2. The predicted octanol–water partition coefficient (Wildman–Crippen LogP) is 4.27. The number of aryl methyl sites for hydroxylation is 2. The van der Waals surface area contributed by atoms with E-state index in [-0.39, 0.29) is 17.2 Å². The minimum absolute atomic E-state index is 0.0386. The number of imidazole rings is 1. The van der Waals surface area contributed by atoms with E-state index in [0.29, 0.717) is 53.6 Å². The Morgan fingerprint density at radius 3 is 2.86 bits per heavy atom. The first-order valence-electron chi connectivity index (χ1n) is 11.4. The number of benzene rings is 1. The zero-order chi connectivity index (χ0) is 25.9. The second kappa shape index (κ2) is 10.9. The first-order chi connectivity index (χ1) is 17.2. The van der Waals surface area contributed by atoms with E-state index in [0.717, 1.165) is 11.6 Å². The summed E-state index contributed by atoms with van der Waals surface area (Å²) in [6.45, 7) is 2.81. The maximum Gasteiger partial charge on any atom is 0.416 e. The van der Waals surface area contributed by atoms with Crippen molar-refractivity contribution in [2.45, 2.75) is 37.2 Å². The summed E-state index contributed by atoms with van der Waals surface area (Å²) in [6, 6.07) is 5.15. The van der Waals surface area contributed by atoms with Gasteiger partial charge in [0.1, 0.15) is 11.2 Å². The van der Waals surface area contributed by atoms with E-state index in [1.165, 1.54) is 23.9 Å². The third-order valence-electron chi connectivity index (χ3n) is 5.91. The summed E-state index contributed by atoms with van der Waals surface area (Å²) in [6.07, 6.45) is -0.155. The van der Waals surface area contributed by atoms with Crippen LogP contribution in [0.15, 0.2) is 41.8 Å². The minimum Gasteiger partial charge on any atom is -0.385 e. The SMILES string of the molecule is COCCCc1cc(C(F)(F)F)ccc1NC1=NCC(C(C)NC(=O)c2cc3c(cn2)ncn3C)S1. The molecule has 0 radical (unpaired) electrons. The zero-order valence-corrected chi connectivity index (χ0v) is 20.9. The number of rotatable bonds is 8. The van der Waals surface area contributed by atoms with E-state index in [2.05, 4.69) is 25.6 Å². The quantitative estimate of drug-likeness (QED) is 0.431. The van der Waals surface area contributed by atoms with E-state index in [4.69, 9.17) is 4.74 Å². The summed E-state index contributed by atoms with van der Waals surface area (Å²) in [5.41, 5.74) is 2.26. The van der Waals surface area contributed by atoms with Crippen LogP contribution in [0.1, 0.15) is 35.0 Å². The van der Waals surface area contributed by atoms with Crippen LogP contribution in [0.4, 0.5) is 18.9 Å². The maximum absolute atomic E-state index is 13.2. The minimum atomic E-state index is -4.41. The van der Waals surface area contributed by atoms with Crippen LogP contribution in [0, 0.1) is 0 Å². The van der Waals surface area contributed by atoms with Crippen LogP contribution < -0.4 is 10.6 Å². The highest BCUT2D eigenvalue weighted by molar-refractivity contribution is 8.15. The first kappa shape index (κ1) is 26.0. The van der Waals surface area contributed by atoms with Crippen LogP contribution in [0.5, 0.6) is 0 Å². The smallest absolute Gasteiger partial charge is 0.385 e. The van der Waals surface area contributed by atoms with Crippen molar-refractivity contribution in [3.05, 3.63) is 53.6 Å². The summed E-state index contributed by atoms with van der Waals surface area (Å²) >= 11 is 1.45. The van der Waals surface area contributed by atoms with E-state index in [9.17, 15) is 18.0 Å². The number of alkyl halides is 3. The van der Waals surface area contributed by atoms with Crippen molar-refractivity contribution in [3.63, 3.8) is 0 Å². The lowest BCUT2D eigenvalue weighted by Crippen LogP contribution is -2.40. The molecule has 0 bridgehead atoms. The van der Waals surface area contributed by atoms with Gasteiger partial charge in [0.25, 0.3) is 5.91 Å². The standard InChI is InChI=1S/C24H27F3N6O2S/c1-14(31-22(34)18-10-20-19(11-28-18)30-13-33(20)2)21-12-29-23(36-21)32-17-7-6-16(24(25,26)27)9-15(17)5-4-8-35-3/h6-7,9-11,13-14,21H,4-5,8,12H2,1-3H3,(H,29,32)(H,31,34). The number of carbonyl (C=O) groups excluding carboxylic acids is 1. The number of anilines is 1. The Balaban J connectivity index is 1.39. The number of hydrogen-bond donors (Lipinski definition) is 2. The third kappa shape index (κ3) is 5.98. The molecule has 1 aliphatic heterocycles. The molecule has 192 valence electrons. The molecular formula is C24H27F3N6O2S. The number of pyridine rings is 1. The van der Waals surface area contributed by atoms with Crippen LogP contribution in [0.3, 0.4) is 0 Å². The molecule has 4 rings (SSSR count). The third-order valence-corrected chi connectivity index (χ3v) is 7.22. The number of carbonyl (C=O) groups is 1. The molecule has 3 heterocycles. The van der Waals surface area contributed by atoms with Crippen molar-refractivity contribution in [2.24, 2.45) is 12.0 Å². The number of fused-ring (bicyclic) bond motifs is 1. The molecule has 2 N–H and O–H groups in total. The van der Waals surface area contributed by atoms with Gasteiger partial charge in [-0.3, -0.25) is 9.79 Å². The number of hydrogen-bond acceptors (Lipinski definition) is 7.